The molecule has 0 amide bonds. The first-order valence-electron chi connectivity index (χ1n) is 16.6. The van der Waals surface area contributed by atoms with Crippen LogP contribution in [0.1, 0.15) is 92.9 Å². The van der Waals surface area contributed by atoms with Crippen LogP contribution in [0, 0.1) is 0 Å². The SMILES string of the molecule is CCCCCC(Oc1cccc(C(=O)OCC)c1)C1CCC(C)n2cc(Cc3ccc(-c4ccccc4-c4nn[nH]n4)cc3)c(=O)n21. The summed E-state index contributed by atoms with van der Waals surface area (Å²) in [6.07, 6.45) is 8.12. The summed E-state index contributed by atoms with van der Waals surface area (Å²) in [6, 6.07) is 23.5. The molecule has 244 valence electrons. The van der Waals surface area contributed by atoms with Gasteiger partial charge in [-0.1, -0.05) is 74.4 Å². The molecule has 0 spiro atoms. The number of fused-ring (bicyclic) bond motifs is 1. The number of ether oxygens (including phenoxy) is 2. The Balaban J connectivity index is 1.26. The quantitative estimate of drug-likeness (QED) is 0.108. The summed E-state index contributed by atoms with van der Waals surface area (Å²) in [6.45, 7) is 6.46. The number of nitrogens with zero attached hydrogens (tertiary/aromatic N) is 5. The Bertz CT molecular complexity index is 1840. The number of aromatic amines is 1. The second kappa shape index (κ2) is 14.6. The topological polar surface area (TPSA) is 117 Å². The molecule has 1 aliphatic heterocycles. The molecule has 0 saturated carbocycles. The van der Waals surface area contributed by atoms with Crippen molar-refractivity contribution < 1.29 is 14.3 Å². The average Bonchev–Trinajstić information content (AvgIpc) is 3.75. The van der Waals surface area contributed by atoms with Crippen molar-refractivity contribution in [2.45, 2.75) is 83.9 Å². The number of carbonyl (C=O) groups excluding carboxylic acids is 1. The van der Waals surface area contributed by atoms with E-state index in [9.17, 15) is 9.59 Å². The number of H-pyrrole nitrogens is 1. The summed E-state index contributed by atoms with van der Waals surface area (Å²) in [4.78, 5) is 26.6. The van der Waals surface area contributed by atoms with Gasteiger partial charge in [0.05, 0.1) is 18.2 Å². The first-order chi connectivity index (χ1) is 23.0. The Morgan fingerprint density at radius 2 is 1.81 bits per heavy atom. The van der Waals surface area contributed by atoms with E-state index in [1.54, 1.807) is 19.1 Å². The van der Waals surface area contributed by atoms with E-state index in [-0.39, 0.29) is 29.7 Å². The molecule has 0 fully saturated rings. The number of aromatic nitrogens is 6. The Hall–Kier alpha value is -4.99. The third-order valence-corrected chi connectivity index (χ3v) is 8.99. The number of esters is 1. The minimum atomic E-state index is -0.370. The minimum Gasteiger partial charge on any atom is -0.488 e. The third-order valence-electron chi connectivity index (χ3n) is 8.99. The van der Waals surface area contributed by atoms with Gasteiger partial charge in [-0.3, -0.25) is 9.48 Å². The second-order valence-corrected chi connectivity index (χ2v) is 12.2. The molecule has 5 aromatic rings. The molecule has 3 heterocycles. The van der Waals surface area contributed by atoms with Crippen molar-refractivity contribution in [1.82, 2.24) is 30.0 Å². The van der Waals surface area contributed by atoms with E-state index in [4.69, 9.17) is 9.47 Å². The zero-order valence-electron chi connectivity index (χ0n) is 27.3. The highest BCUT2D eigenvalue weighted by Crippen LogP contribution is 2.34. The van der Waals surface area contributed by atoms with Gasteiger partial charge in [0.25, 0.3) is 5.56 Å². The minimum absolute atomic E-state index is 0.0254. The van der Waals surface area contributed by atoms with Crippen LogP contribution >= 0.6 is 0 Å². The van der Waals surface area contributed by atoms with Gasteiger partial charge in [-0.15, -0.1) is 10.2 Å². The van der Waals surface area contributed by atoms with Crippen molar-refractivity contribution >= 4 is 5.97 Å². The van der Waals surface area contributed by atoms with Crippen LogP contribution in [0.15, 0.2) is 83.8 Å². The van der Waals surface area contributed by atoms with Crippen LogP contribution in [0.3, 0.4) is 0 Å². The molecular formula is C37H42N6O4. The number of carbonyl (C=O) groups is 1. The zero-order chi connectivity index (χ0) is 32.8. The lowest BCUT2D eigenvalue weighted by atomic mass is 9.96. The summed E-state index contributed by atoms with van der Waals surface area (Å²) in [5, 5.41) is 14.6. The van der Waals surface area contributed by atoms with Gasteiger partial charge < -0.3 is 9.47 Å². The molecule has 0 radical (unpaired) electrons. The van der Waals surface area contributed by atoms with Gasteiger partial charge in [0, 0.05) is 29.8 Å². The molecule has 2 aromatic heterocycles. The summed E-state index contributed by atoms with van der Waals surface area (Å²) < 4.78 is 15.9. The number of hydrogen-bond acceptors (Lipinski definition) is 7. The summed E-state index contributed by atoms with van der Waals surface area (Å²) in [5.41, 5.74) is 5.25. The fourth-order valence-electron chi connectivity index (χ4n) is 6.56. The number of tetrazole rings is 1. The van der Waals surface area contributed by atoms with Crippen LogP contribution < -0.4 is 10.3 Å². The molecule has 6 rings (SSSR count). The van der Waals surface area contributed by atoms with Gasteiger partial charge in [0.15, 0.2) is 0 Å². The first kappa shape index (κ1) is 32.0. The lowest BCUT2D eigenvalue weighted by molar-refractivity contribution is 0.0523. The first-order valence-corrected chi connectivity index (χ1v) is 16.6. The summed E-state index contributed by atoms with van der Waals surface area (Å²) >= 11 is 0. The van der Waals surface area contributed by atoms with Gasteiger partial charge in [0.2, 0.25) is 5.82 Å². The van der Waals surface area contributed by atoms with Crippen molar-refractivity contribution in [1.29, 1.82) is 0 Å². The van der Waals surface area contributed by atoms with Crippen LogP contribution in [-0.2, 0) is 11.2 Å². The maximum Gasteiger partial charge on any atom is 0.338 e. The largest absolute Gasteiger partial charge is 0.488 e. The highest BCUT2D eigenvalue weighted by atomic mass is 16.5. The molecule has 3 aromatic carbocycles. The maximum absolute atomic E-state index is 14.1. The van der Waals surface area contributed by atoms with E-state index >= 15 is 0 Å². The number of benzene rings is 3. The van der Waals surface area contributed by atoms with E-state index in [1.807, 2.05) is 47.3 Å². The fraction of sp³-hybridized carbons (Fsp3) is 0.378. The van der Waals surface area contributed by atoms with Crippen molar-refractivity contribution in [3.8, 4) is 28.3 Å². The van der Waals surface area contributed by atoms with Crippen LogP contribution in [0.2, 0.25) is 0 Å². The number of hydrogen-bond donors (Lipinski definition) is 1. The third kappa shape index (κ3) is 7.06. The fourth-order valence-corrected chi connectivity index (χ4v) is 6.56. The van der Waals surface area contributed by atoms with Crippen LogP contribution in [0.5, 0.6) is 5.75 Å². The molecule has 3 unspecified atom stereocenters. The van der Waals surface area contributed by atoms with Crippen molar-refractivity contribution in [2.75, 3.05) is 6.61 Å². The summed E-state index contributed by atoms with van der Waals surface area (Å²) in [7, 11) is 0. The summed E-state index contributed by atoms with van der Waals surface area (Å²) in [5.74, 6) is 0.790. The normalized spacial score (nSPS) is 16.4. The van der Waals surface area contributed by atoms with E-state index in [1.165, 1.54) is 0 Å². The van der Waals surface area contributed by atoms with Crippen molar-refractivity contribution in [2.24, 2.45) is 0 Å². The van der Waals surface area contributed by atoms with E-state index in [0.717, 1.165) is 66.3 Å². The molecule has 1 N–H and O–H groups in total. The smallest absolute Gasteiger partial charge is 0.338 e. The number of nitrogens with one attached hydrogen (secondary N) is 1. The van der Waals surface area contributed by atoms with Crippen LogP contribution in [0.25, 0.3) is 22.5 Å². The van der Waals surface area contributed by atoms with E-state index in [0.29, 0.717) is 30.2 Å². The van der Waals surface area contributed by atoms with Crippen molar-refractivity contribution in [3.63, 3.8) is 0 Å². The van der Waals surface area contributed by atoms with Crippen LogP contribution in [-0.4, -0.2) is 48.7 Å². The van der Waals surface area contributed by atoms with E-state index in [2.05, 4.69) is 63.4 Å². The molecule has 0 saturated heterocycles. The number of rotatable bonds is 13. The van der Waals surface area contributed by atoms with Gasteiger partial charge in [0.1, 0.15) is 11.9 Å². The molecular weight excluding hydrogens is 592 g/mol. The predicted octanol–water partition coefficient (Wildman–Crippen LogP) is 7.19. The maximum atomic E-state index is 14.1. The van der Waals surface area contributed by atoms with Gasteiger partial charge in [-0.25, -0.2) is 9.48 Å². The average molecular weight is 635 g/mol. The molecule has 0 bridgehead atoms. The Morgan fingerprint density at radius 1 is 1.00 bits per heavy atom. The molecule has 3 atom stereocenters. The molecule has 0 aliphatic carbocycles. The molecule has 47 heavy (non-hydrogen) atoms. The Labute approximate surface area is 274 Å². The molecule has 10 nitrogen and oxygen atoms in total. The predicted molar refractivity (Wildman–Crippen MR) is 180 cm³/mol. The standard InChI is InChI=1S/C37H42N6O4/c1-4-6-7-15-34(47-30-12-10-11-28(23-30)37(45)46-5-2)33-21-16-25(3)42-24-29(36(44)43(33)42)22-26-17-19-27(20-18-26)31-13-8-9-14-32(31)35-38-40-41-39-35/h8-14,17-20,23-25,33-34H,4-7,15-16,21-22H2,1-3H3,(H,38,39,40,41). The lowest BCUT2D eigenvalue weighted by Crippen LogP contribution is -2.41. The molecule has 1 aliphatic rings. The zero-order valence-corrected chi connectivity index (χ0v) is 27.3. The number of unbranched alkanes of at least 4 members (excludes halogenated alkanes) is 2. The Morgan fingerprint density at radius 3 is 2.55 bits per heavy atom. The van der Waals surface area contributed by atoms with Crippen molar-refractivity contribution in [3.05, 3.63) is 106 Å². The Kier molecular flexibility index (Phi) is 9.94. The highest BCUT2D eigenvalue weighted by Gasteiger charge is 2.34. The highest BCUT2D eigenvalue weighted by molar-refractivity contribution is 5.89. The molecule has 10 heteroatoms. The van der Waals surface area contributed by atoms with Gasteiger partial charge >= 0.3 is 5.97 Å². The van der Waals surface area contributed by atoms with Gasteiger partial charge in [-0.2, -0.15) is 5.21 Å². The second-order valence-electron chi connectivity index (χ2n) is 12.2. The monoisotopic (exact) mass is 634 g/mol. The van der Waals surface area contributed by atoms with E-state index < -0.39 is 0 Å². The lowest BCUT2D eigenvalue weighted by Gasteiger charge is -2.36. The van der Waals surface area contributed by atoms with Crippen LogP contribution in [0.4, 0.5) is 0 Å². The van der Waals surface area contributed by atoms with Gasteiger partial charge in [-0.05, 0) is 79.6 Å².